The molecule has 2 aliphatic rings. The molecular formula is C15H24N2O2. The molecule has 2 aliphatic carbocycles. The van der Waals surface area contributed by atoms with Crippen LogP contribution in [-0.4, -0.2) is 22.2 Å². The SMILES string of the molecule is N#CC1(NC(=O)CC2(O)CCCCC2)CCCCC1. The molecule has 4 heteroatoms. The minimum absolute atomic E-state index is 0.149. The molecule has 0 aromatic carbocycles. The summed E-state index contributed by atoms with van der Waals surface area (Å²) in [7, 11) is 0. The molecule has 2 N–H and O–H groups in total. The Bertz CT molecular complexity index is 361. The van der Waals surface area contributed by atoms with E-state index in [2.05, 4.69) is 11.4 Å². The van der Waals surface area contributed by atoms with Crippen LogP contribution in [0.1, 0.15) is 70.6 Å². The van der Waals surface area contributed by atoms with Gasteiger partial charge in [0.1, 0.15) is 5.54 Å². The average molecular weight is 264 g/mol. The topological polar surface area (TPSA) is 73.1 Å². The highest BCUT2D eigenvalue weighted by Gasteiger charge is 2.37. The number of hydrogen-bond donors (Lipinski definition) is 2. The zero-order chi connectivity index (χ0) is 13.8. The van der Waals surface area contributed by atoms with Crippen LogP contribution in [0.5, 0.6) is 0 Å². The van der Waals surface area contributed by atoms with Gasteiger partial charge in [-0.2, -0.15) is 5.26 Å². The van der Waals surface area contributed by atoms with Crippen molar-refractivity contribution >= 4 is 5.91 Å². The molecule has 4 nitrogen and oxygen atoms in total. The summed E-state index contributed by atoms with van der Waals surface area (Å²) in [5, 5.41) is 22.6. The Morgan fingerprint density at radius 2 is 1.58 bits per heavy atom. The fourth-order valence-corrected chi connectivity index (χ4v) is 3.42. The van der Waals surface area contributed by atoms with Gasteiger partial charge in [0.05, 0.1) is 18.1 Å². The Hall–Kier alpha value is -1.08. The number of nitrogens with zero attached hydrogens (tertiary/aromatic N) is 1. The zero-order valence-electron chi connectivity index (χ0n) is 11.6. The van der Waals surface area contributed by atoms with Gasteiger partial charge < -0.3 is 10.4 Å². The molecule has 106 valence electrons. The molecule has 0 atom stereocenters. The number of rotatable bonds is 3. The van der Waals surface area contributed by atoms with Gasteiger partial charge in [-0.1, -0.05) is 38.5 Å². The van der Waals surface area contributed by atoms with E-state index in [1.54, 1.807) is 0 Å². The van der Waals surface area contributed by atoms with E-state index in [-0.39, 0.29) is 12.3 Å². The standard InChI is InChI=1S/C15H24N2O2/c16-12-14(7-3-1-4-8-14)17-13(18)11-15(19)9-5-2-6-10-15/h19H,1-11H2,(H,17,18). The molecular weight excluding hydrogens is 240 g/mol. The largest absolute Gasteiger partial charge is 0.389 e. The van der Waals surface area contributed by atoms with Gasteiger partial charge in [0.25, 0.3) is 0 Å². The molecule has 0 aromatic rings. The molecule has 2 fully saturated rings. The lowest BCUT2D eigenvalue weighted by Crippen LogP contribution is -2.50. The van der Waals surface area contributed by atoms with E-state index in [0.29, 0.717) is 12.8 Å². The summed E-state index contributed by atoms with van der Waals surface area (Å²) in [6, 6.07) is 2.28. The third-order valence-corrected chi connectivity index (χ3v) is 4.57. The lowest BCUT2D eigenvalue weighted by atomic mass is 9.80. The van der Waals surface area contributed by atoms with Crippen molar-refractivity contribution in [2.45, 2.75) is 81.8 Å². The molecule has 2 rings (SSSR count). The van der Waals surface area contributed by atoms with Crippen molar-refractivity contribution in [3.63, 3.8) is 0 Å². The predicted molar refractivity (Wildman–Crippen MR) is 72.2 cm³/mol. The second kappa shape index (κ2) is 5.92. The zero-order valence-corrected chi connectivity index (χ0v) is 11.6. The molecule has 1 amide bonds. The summed E-state index contributed by atoms with van der Waals surface area (Å²) in [5.74, 6) is -0.159. The molecule has 0 bridgehead atoms. The van der Waals surface area contributed by atoms with Crippen LogP contribution in [0.2, 0.25) is 0 Å². The van der Waals surface area contributed by atoms with Crippen LogP contribution in [0.3, 0.4) is 0 Å². The Morgan fingerprint density at radius 1 is 1.05 bits per heavy atom. The number of hydrogen-bond acceptors (Lipinski definition) is 3. The quantitative estimate of drug-likeness (QED) is 0.822. The van der Waals surface area contributed by atoms with Crippen molar-refractivity contribution in [1.29, 1.82) is 5.26 Å². The van der Waals surface area contributed by atoms with Gasteiger partial charge >= 0.3 is 0 Å². The number of amides is 1. The van der Waals surface area contributed by atoms with Crippen molar-refractivity contribution < 1.29 is 9.90 Å². The Morgan fingerprint density at radius 3 is 2.11 bits per heavy atom. The maximum absolute atomic E-state index is 12.1. The summed E-state index contributed by atoms with van der Waals surface area (Å²) in [5.41, 5.74) is -1.52. The first-order valence-corrected chi connectivity index (χ1v) is 7.52. The lowest BCUT2D eigenvalue weighted by molar-refractivity contribution is -0.129. The smallest absolute Gasteiger partial charge is 0.224 e. The van der Waals surface area contributed by atoms with Crippen LogP contribution in [0, 0.1) is 11.3 Å². The molecule has 0 aliphatic heterocycles. The maximum atomic E-state index is 12.1. The summed E-state index contributed by atoms with van der Waals surface area (Å²) < 4.78 is 0. The van der Waals surface area contributed by atoms with Gasteiger partial charge in [-0.15, -0.1) is 0 Å². The van der Waals surface area contributed by atoms with Crippen LogP contribution in [0.4, 0.5) is 0 Å². The second-order valence-electron chi connectivity index (χ2n) is 6.26. The van der Waals surface area contributed by atoms with Crippen LogP contribution in [-0.2, 0) is 4.79 Å². The van der Waals surface area contributed by atoms with E-state index in [1.165, 1.54) is 0 Å². The van der Waals surface area contributed by atoms with Crippen LogP contribution < -0.4 is 5.32 Å². The Balaban J connectivity index is 1.91. The number of nitrogens with one attached hydrogen (secondary N) is 1. The summed E-state index contributed by atoms with van der Waals surface area (Å²) in [6.07, 6.45) is 9.32. The van der Waals surface area contributed by atoms with Crippen molar-refractivity contribution in [1.82, 2.24) is 5.32 Å². The first kappa shape index (κ1) is 14.3. The van der Waals surface area contributed by atoms with Crippen molar-refractivity contribution in [3.8, 4) is 6.07 Å². The third kappa shape index (κ3) is 3.70. The molecule has 19 heavy (non-hydrogen) atoms. The Labute approximate surface area is 115 Å². The maximum Gasteiger partial charge on any atom is 0.224 e. The monoisotopic (exact) mass is 264 g/mol. The predicted octanol–water partition coefficient (Wildman–Crippen LogP) is 2.41. The molecule has 0 saturated heterocycles. The highest BCUT2D eigenvalue weighted by molar-refractivity contribution is 5.78. The minimum Gasteiger partial charge on any atom is -0.389 e. The minimum atomic E-state index is -0.840. The van der Waals surface area contributed by atoms with E-state index in [4.69, 9.17) is 0 Å². The molecule has 0 heterocycles. The lowest BCUT2D eigenvalue weighted by Gasteiger charge is -2.35. The van der Waals surface area contributed by atoms with Gasteiger partial charge in [-0.3, -0.25) is 4.79 Å². The number of aliphatic hydroxyl groups is 1. The first-order chi connectivity index (χ1) is 9.08. The number of nitriles is 1. The molecule has 0 spiro atoms. The van der Waals surface area contributed by atoms with E-state index >= 15 is 0 Å². The normalized spacial score (nSPS) is 25.3. The third-order valence-electron chi connectivity index (χ3n) is 4.57. The van der Waals surface area contributed by atoms with Gasteiger partial charge in [0.2, 0.25) is 5.91 Å². The van der Waals surface area contributed by atoms with Gasteiger partial charge in [-0.25, -0.2) is 0 Å². The summed E-state index contributed by atoms with van der Waals surface area (Å²) in [4.78, 5) is 12.1. The summed E-state index contributed by atoms with van der Waals surface area (Å²) in [6.45, 7) is 0. The molecule has 0 unspecified atom stereocenters. The van der Waals surface area contributed by atoms with E-state index in [9.17, 15) is 15.2 Å². The highest BCUT2D eigenvalue weighted by Crippen LogP contribution is 2.32. The molecule has 2 saturated carbocycles. The average Bonchev–Trinajstić information content (AvgIpc) is 2.39. The van der Waals surface area contributed by atoms with Crippen molar-refractivity contribution in [2.75, 3.05) is 0 Å². The van der Waals surface area contributed by atoms with Gasteiger partial charge in [-0.05, 0) is 25.7 Å². The highest BCUT2D eigenvalue weighted by atomic mass is 16.3. The van der Waals surface area contributed by atoms with E-state index in [1.807, 2.05) is 0 Å². The Kier molecular flexibility index (Phi) is 4.46. The van der Waals surface area contributed by atoms with Gasteiger partial charge in [0, 0.05) is 0 Å². The van der Waals surface area contributed by atoms with Crippen LogP contribution in [0.15, 0.2) is 0 Å². The molecule has 0 radical (unpaired) electrons. The second-order valence-corrected chi connectivity index (χ2v) is 6.26. The number of carbonyl (C=O) groups is 1. The molecule has 0 aromatic heterocycles. The van der Waals surface area contributed by atoms with Crippen LogP contribution >= 0.6 is 0 Å². The first-order valence-electron chi connectivity index (χ1n) is 7.52. The van der Waals surface area contributed by atoms with Crippen molar-refractivity contribution in [2.24, 2.45) is 0 Å². The van der Waals surface area contributed by atoms with E-state index in [0.717, 1.165) is 51.4 Å². The summed E-state index contributed by atoms with van der Waals surface area (Å²) >= 11 is 0. The van der Waals surface area contributed by atoms with Crippen molar-refractivity contribution in [3.05, 3.63) is 0 Å². The van der Waals surface area contributed by atoms with Gasteiger partial charge in [0.15, 0.2) is 0 Å². The van der Waals surface area contributed by atoms with Crippen LogP contribution in [0.25, 0.3) is 0 Å². The van der Waals surface area contributed by atoms with E-state index < -0.39 is 11.1 Å². The fraction of sp³-hybridized carbons (Fsp3) is 0.867. The fourth-order valence-electron chi connectivity index (χ4n) is 3.42. The number of carbonyl (C=O) groups excluding carboxylic acids is 1.